The molecule has 0 aromatic heterocycles. The van der Waals surface area contributed by atoms with E-state index >= 15 is 0 Å². The fourth-order valence-corrected chi connectivity index (χ4v) is 1.91. The SMILES string of the molecule is CSCCCCNC(=O)c1cccc(N)c1O. The second kappa shape index (κ2) is 7.06. The number of para-hydroxylation sites is 1. The van der Waals surface area contributed by atoms with E-state index in [4.69, 9.17) is 5.73 Å². The lowest BCUT2D eigenvalue weighted by Gasteiger charge is -2.07. The summed E-state index contributed by atoms with van der Waals surface area (Å²) in [5, 5.41) is 12.4. The third-order valence-electron chi connectivity index (χ3n) is 2.37. The lowest BCUT2D eigenvalue weighted by Crippen LogP contribution is -2.24. The maximum absolute atomic E-state index is 11.7. The Balaban J connectivity index is 2.44. The molecule has 1 amide bonds. The van der Waals surface area contributed by atoms with Crippen molar-refractivity contribution in [3.05, 3.63) is 23.8 Å². The first-order valence-corrected chi connectivity index (χ1v) is 6.90. The average Bonchev–Trinajstić information content (AvgIpc) is 2.32. The lowest BCUT2D eigenvalue weighted by atomic mass is 10.1. The van der Waals surface area contributed by atoms with Gasteiger partial charge in [0.1, 0.15) is 0 Å². The van der Waals surface area contributed by atoms with Gasteiger partial charge in [0.05, 0.1) is 11.3 Å². The van der Waals surface area contributed by atoms with Crippen molar-refractivity contribution in [2.24, 2.45) is 0 Å². The van der Waals surface area contributed by atoms with E-state index in [9.17, 15) is 9.90 Å². The lowest BCUT2D eigenvalue weighted by molar-refractivity contribution is 0.0950. The first kappa shape index (κ1) is 13.7. The number of hydrogen-bond donors (Lipinski definition) is 3. The van der Waals surface area contributed by atoms with Crippen LogP contribution in [0, 0.1) is 0 Å². The number of rotatable bonds is 6. The molecule has 0 unspecified atom stereocenters. The van der Waals surface area contributed by atoms with Gasteiger partial charge in [0, 0.05) is 6.54 Å². The largest absolute Gasteiger partial charge is 0.505 e. The summed E-state index contributed by atoms with van der Waals surface area (Å²) in [5.74, 6) is 0.674. The maximum atomic E-state index is 11.7. The minimum absolute atomic E-state index is 0.144. The standard InChI is InChI=1S/C12H18N2O2S/c1-17-8-3-2-7-14-12(16)9-5-4-6-10(13)11(9)15/h4-6,15H,2-3,7-8,13H2,1H3,(H,14,16). The van der Waals surface area contributed by atoms with Gasteiger partial charge in [0.15, 0.2) is 5.75 Å². The van der Waals surface area contributed by atoms with Crippen LogP contribution in [0.2, 0.25) is 0 Å². The van der Waals surface area contributed by atoms with Gasteiger partial charge in [-0.15, -0.1) is 0 Å². The van der Waals surface area contributed by atoms with Crippen LogP contribution < -0.4 is 11.1 Å². The summed E-state index contributed by atoms with van der Waals surface area (Å²) in [4.78, 5) is 11.7. The zero-order chi connectivity index (χ0) is 12.7. The van der Waals surface area contributed by atoms with Crippen LogP contribution in [0.15, 0.2) is 18.2 Å². The predicted octanol–water partition coefficient (Wildman–Crippen LogP) is 1.85. The van der Waals surface area contributed by atoms with Gasteiger partial charge in [-0.3, -0.25) is 4.79 Å². The van der Waals surface area contributed by atoms with E-state index in [1.165, 1.54) is 0 Å². The molecule has 1 rings (SSSR count). The van der Waals surface area contributed by atoms with E-state index in [1.807, 2.05) is 0 Å². The minimum atomic E-state index is -0.279. The molecule has 0 spiro atoms. The summed E-state index contributed by atoms with van der Waals surface area (Å²) in [5.41, 5.74) is 5.97. The third-order valence-corrected chi connectivity index (χ3v) is 3.07. The fraction of sp³-hybridized carbons (Fsp3) is 0.417. The number of phenols is 1. The second-order valence-electron chi connectivity index (χ2n) is 3.70. The molecular weight excluding hydrogens is 236 g/mol. The van der Waals surface area contributed by atoms with Crippen molar-refractivity contribution in [1.82, 2.24) is 5.32 Å². The van der Waals surface area contributed by atoms with Crippen LogP contribution in [-0.2, 0) is 0 Å². The van der Waals surface area contributed by atoms with Crippen LogP contribution in [-0.4, -0.2) is 29.6 Å². The summed E-state index contributed by atoms with van der Waals surface area (Å²) in [6, 6.07) is 4.77. The summed E-state index contributed by atoms with van der Waals surface area (Å²) >= 11 is 1.79. The highest BCUT2D eigenvalue weighted by Gasteiger charge is 2.11. The number of nitrogen functional groups attached to an aromatic ring is 1. The van der Waals surface area contributed by atoms with Gasteiger partial charge in [0.25, 0.3) is 5.91 Å². The van der Waals surface area contributed by atoms with Crippen LogP contribution in [0.3, 0.4) is 0 Å². The van der Waals surface area contributed by atoms with E-state index in [-0.39, 0.29) is 22.9 Å². The van der Waals surface area contributed by atoms with Gasteiger partial charge in [-0.25, -0.2) is 0 Å². The molecule has 1 aromatic carbocycles. The predicted molar refractivity (Wildman–Crippen MR) is 72.5 cm³/mol. The van der Waals surface area contributed by atoms with Crippen LogP contribution in [0.5, 0.6) is 5.75 Å². The normalized spacial score (nSPS) is 10.2. The molecule has 4 N–H and O–H groups in total. The van der Waals surface area contributed by atoms with Gasteiger partial charge >= 0.3 is 0 Å². The van der Waals surface area contributed by atoms with E-state index < -0.39 is 0 Å². The Morgan fingerprint density at radius 3 is 2.94 bits per heavy atom. The van der Waals surface area contributed by atoms with Crippen LogP contribution in [0.25, 0.3) is 0 Å². The molecule has 0 atom stereocenters. The highest BCUT2D eigenvalue weighted by Crippen LogP contribution is 2.23. The monoisotopic (exact) mass is 254 g/mol. The molecule has 0 aliphatic rings. The van der Waals surface area contributed by atoms with E-state index in [2.05, 4.69) is 11.6 Å². The molecule has 5 heteroatoms. The molecule has 0 aliphatic heterocycles. The number of nitrogens with two attached hydrogens (primary N) is 1. The van der Waals surface area contributed by atoms with Crippen LogP contribution in [0.4, 0.5) is 5.69 Å². The highest BCUT2D eigenvalue weighted by molar-refractivity contribution is 7.98. The minimum Gasteiger partial charge on any atom is -0.505 e. The number of anilines is 1. The van der Waals surface area contributed by atoms with E-state index in [0.717, 1.165) is 18.6 Å². The molecule has 0 saturated heterocycles. The number of hydrogen-bond acceptors (Lipinski definition) is 4. The topological polar surface area (TPSA) is 75.4 Å². The number of amides is 1. The Bertz CT molecular complexity index is 383. The van der Waals surface area contributed by atoms with Crippen molar-refractivity contribution in [1.29, 1.82) is 0 Å². The highest BCUT2D eigenvalue weighted by atomic mass is 32.2. The van der Waals surface area contributed by atoms with Gasteiger partial charge < -0.3 is 16.2 Å². The van der Waals surface area contributed by atoms with Crippen molar-refractivity contribution in [2.75, 3.05) is 24.3 Å². The zero-order valence-corrected chi connectivity index (χ0v) is 10.7. The number of thioether (sulfide) groups is 1. The number of phenolic OH excluding ortho intramolecular Hbond substituents is 1. The Morgan fingerprint density at radius 1 is 1.47 bits per heavy atom. The first-order valence-electron chi connectivity index (χ1n) is 5.51. The van der Waals surface area contributed by atoms with Crippen LogP contribution in [0.1, 0.15) is 23.2 Å². The maximum Gasteiger partial charge on any atom is 0.255 e. The number of benzene rings is 1. The van der Waals surface area contributed by atoms with Crippen molar-refractivity contribution in [3.8, 4) is 5.75 Å². The van der Waals surface area contributed by atoms with Crippen LogP contribution >= 0.6 is 11.8 Å². The molecule has 0 aliphatic carbocycles. The molecule has 0 bridgehead atoms. The third kappa shape index (κ3) is 4.19. The first-order chi connectivity index (χ1) is 8.16. The van der Waals surface area contributed by atoms with Gasteiger partial charge in [-0.2, -0.15) is 11.8 Å². The molecule has 94 valence electrons. The Hall–Kier alpha value is -1.36. The number of unbranched alkanes of at least 4 members (excludes halogenated alkanes) is 1. The smallest absolute Gasteiger partial charge is 0.255 e. The number of aromatic hydroxyl groups is 1. The Kier molecular flexibility index (Phi) is 5.69. The summed E-state index contributed by atoms with van der Waals surface area (Å²) < 4.78 is 0. The Labute approximate surface area is 106 Å². The molecule has 1 aromatic rings. The van der Waals surface area contributed by atoms with Crippen molar-refractivity contribution >= 4 is 23.4 Å². The molecule has 4 nitrogen and oxygen atoms in total. The van der Waals surface area contributed by atoms with Crippen molar-refractivity contribution < 1.29 is 9.90 Å². The molecule has 0 heterocycles. The molecule has 17 heavy (non-hydrogen) atoms. The summed E-state index contributed by atoms with van der Waals surface area (Å²) in [6.07, 6.45) is 4.07. The fourth-order valence-electron chi connectivity index (χ4n) is 1.41. The molecular formula is C12H18N2O2S. The Morgan fingerprint density at radius 2 is 2.24 bits per heavy atom. The molecule has 0 fully saturated rings. The quantitative estimate of drug-likeness (QED) is 0.411. The average molecular weight is 254 g/mol. The number of carbonyl (C=O) groups excluding carboxylic acids is 1. The van der Waals surface area contributed by atoms with Gasteiger partial charge in [-0.05, 0) is 37.0 Å². The van der Waals surface area contributed by atoms with E-state index in [0.29, 0.717) is 6.54 Å². The van der Waals surface area contributed by atoms with Crippen molar-refractivity contribution in [2.45, 2.75) is 12.8 Å². The summed E-state index contributed by atoms with van der Waals surface area (Å²) in [7, 11) is 0. The van der Waals surface area contributed by atoms with E-state index in [1.54, 1.807) is 30.0 Å². The second-order valence-corrected chi connectivity index (χ2v) is 4.68. The van der Waals surface area contributed by atoms with Crippen molar-refractivity contribution in [3.63, 3.8) is 0 Å². The zero-order valence-electron chi connectivity index (χ0n) is 9.90. The number of nitrogens with one attached hydrogen (secondary N) is 1. The molecule has 0 radical (unpaired) electrons. The number of carbonyl (C=O) groups is 1. The molecule has 0 saturated carbocycles. The van der Waals surface area contributed by atoms with Gasteiger partial charge in [-0.1, -0.05) is 6.07 Å². The summed E-state index contributed by atoms with van der Waals surface area (Å²) in [6.45, 7) is 0.619. The van der Waals surface area contributed by atoms with Gasteiger partial charge in [0.2, 0.25) is 0 Å².